The quantitative estimate of drug-likeness (QED) is 0.570. The number of aliphatic hydroxyl groups excluding tert-OH is 1. The molecule has 1 rings (SSSR count). The third kappa shape index (κ3) is 7.46. The van der Waals surface area contributed by atoms with Gasteiger partial charge in [0.1, 0.15) is 0 Å². The van der Waals surface area contributed by atoms with Crippen LogP contribution in [0.25, 0.3) is 0 Å². The Morgan fingerprint density at radius 3 is 2.38 bits per heavy atom. The Hall–Kier alpha value is -2.08. The predicted molar refractivity (Wildman–Crippen MR) is 90.7 cm³/mol. The largest absolute Gasteiger partial charge is 0.480 e. The van der Waals surface area contributed by atoms with Crippen molar-refractivity contribution in [2.45, 2.75) is 51.7 Å². The van der Waals surface area contributed by atoms with Gasteiger partial charge in [0.15, 0.2) is 6.04 Å². The summed E-state index contributed by atoms with van der Waals surface area (Å²) in [5.74, 6) is -1.57. The molecule has 6 heteroatoms. The predicted octanol–water partition coefficient (Wildman–Crippen LogP) is 2.60. The first-order valence-electron chi connectivity index (χ1n) is 8.30. The number of unbranched alkanes of at least 4 members (excludes halogenated alkanes) is 2. The number of aliphatic carboxylic acids is 1. The van der Waals surface area contributed by atoms with Crippen molar-refractivity contribution in [1.29, 1.82) is 0 Å². The molecule has 0 aromatic heterocycles. The molecule has 0 aliphatic heterocycles. The zero-order chi connectivity index (χ0) is 17.9. The Kier molecular flexibility index (Phi) is 8.86. The fraction of sp³-hybridized carbons (Fsp3) is 0.556. The molecule has 2 unspecified atom stereocenters. The van der Waals surface area contributed by atoms with Crippen LogP contribution >= 0.6 is 0 Å². The topological polar surface area (TPSA) is 95.9 Å². The van der Waals surface area contributed by atoms with Crippen molar-refractivity contribution in [3.05, 3.63) is 35.9 Å². The second-order valence-corrected chi connectivity index (χ2v) is 6.13. The zero-order valence-corrected chi connectivity index (χ0v) is 14.3. The van der Waals surface area contributed by atoms with E-state index in [-0.39, 0.29) is 12.5 Å². The summed E-state index contributed by atoms with van der Waals surface area (Å²) in [7, 11) is 0. The molecule has 0 heterocycles. The highest BCUT2D eigenvalue weighted by molar-refractivity contribution is 5.80. The lowest BCUT2D eigenvalue weighted by atomic mass is 10.00. The van der Waals surface area contributed by atoms with Crippen LogP contribution in [0.15, 0.2) is 30.3 Å². The van der Waals surface area contributed by atoms with Gasteiger partial charge in [-0.3, -0.25) is 0 Å². The van der Waals surface area contributed by atoms with Gasteiger partial charge in [-0.05, 0) is 37.2 Å². The van der Waals surface area contributed by atoms with E-state index in [1.54, 1.807) is 13.8 Å². The zero-order valence-electron chi connectivity index (χ0n) is 14.3. The lowest BCUT2D eigenvalue weighted by Gasteiger charge is -2.22. The van der Waals surface area contributed by atoms with Crippen LogP contribution in [0.4, 0.5) is 4.79 Å². The number of ether oxygens (including phenoxy) is 1. The summed E-state index contributed by atoms with van der Waals surface area (Å²) in [4.78, 5) is 22.7. The molecule has 2 atom stereocenters. The van der Waals surface area contributed by atoms with Gasteiger partial charge in [0, 0.05) is 0 Å². The van der Waals surface area contributed by atoms with Crippen LogP contribution < -0.4 is 5.32 Å². The van der Waals surface area contributed by atoms with Crippen LogP contribution in [0, 0.1) is 5.92 Å². The van der Waals surface area contributed by atoms with Crippen molar-refractivity contribution in [2.24, 2.45) is 5.92 Å². The summed E-state index contributed by atoms with van der Waals surface area (Å²) in [6, 6.07) is 8.79. The minimum absolute atomic E-state index is 0.227. The van der Waals surface area contributed by atoms with Gasteiger partial charge in [0.05, 0.1) is 12.7 Å². The fourth-order valence-corrected chi connectivity index (χ4v) is 2.26. The number of aryl methyl sites for hydroxylation is 1. The second kappa shape index (κ2) is 10.6. The summed E-state index contributed by atoms with van der Waals surface area (Å²) in [5, 5.41) is 21.1. The summed E-state index contributed by atoms with van der Waals surface area (Å²) >= 11 is 0. The van der Waals surface area contributed by atoms with Crippen LogP contribution in [0.2, 0.25) is 0 Å². The number of hydrogen-bond acceptors (Lipinski definition) is 4. The van der Waals surface area contributed by atoms with Crippen LogP contribution in [0.5, 0.6) is 0 Å². The average Bonchev–Trinajstić information content (AvgIpc) is 2.55. The van der Waals surface area contributed by atoms with E-state index in [1.165, 1.54) is 5.56 Å². The molecule has 0 radical (unpaired) electrons. The molecule has 0 fully saturated rings. The first-order chi connectivity index (χ1) is 11.4. The number of aliphatic hydroxyl groups is 1. The minimum Gasteiger partial charge on any atom is -0.480 e. The Balaban J connectivity index is 2.19. The molecule has 1 aromatic rings. The number of hydrogen-bond donors (Lipinski definition) is 3. The molecule has 24 heavy (non-hydrogen) atoms. The minimum atomic E-state index is -1.37. The highest BCUT2D eigenvalue weighted by atomic mass is 16.5. The molecule has 134 valence electrons. The van der Waals surface area contributed by atoms with E-state index >= 15 is 0 Å². The summed E-state index contributed by atoms with van der Waals surface area (Å²) in [6.45, 7) is 3.59. The average molecular weight is 337 g/mol. The van der Waals surface area contributed by atoms with Gasteiger partial charge in [-0.2, -0.15) is 0 Å². The van der Waals surface area contributed by atoms with Gasteiger partial charge in [-0.15, -0.1) is 0 Å². The SMILES string of the molecule is CC(C)C(O)C(NC(=O)OCCCCCc1ccccc1)C(=O)O. The molecular weight excluding hydrogens is 310 g/mol. The van der Waals surface area contributed by atoms with Crippen molar-refractivity contribution in [3.63, 3.8) is 0 Å². The summed E-state index contributed by atoms with van der Waals surface area (Å²) in [5.41, 5.74) is 1.28. The lowest BCUT2D eigenvalue weighted by molar-refractivity contribution is -0.143. The van der Waals surface area contributed by atoms with E-state index in [1.807, 2.05) is 18.2 Å². The number of benzene rings is 1. The molecule has 6 nitrogen and oxygen atoms in total. The fourth-order valence-electron chi connectivity index (χ4n) is 2.26. The molecule has 0 saturated carbocycles. The van der Waals surface area contributed by atoms with Gasteiger partial charge >= 0.3 is 12.1 Å². The second-order valence-electron chi connectivity index (χ2n) is 6.13. The maximum Gasteiger partial charge on any atom is 0.407 e. The molecule has 1 aromatic carbocycles. The van der Waals surface area contributed by atoms with E-state index in [4.69, 9.17) is 9.84 Å². The Morgan fingerprint density at radius 2 is 1.79 bits per heavy atom. The lowest BCUT2D eigenvalue weighted by Crippen LogP contribution is -2.50. The van der Waals surface area contributed by atoms with Crippen LogP contribution in [-0.2, 0) is 16.0 Å². The van der Waals surface area contributed by atoms with Gasteiger partial charge in [0.25, 0.3) is 0 Å². The number of alkyl carbamates (subject to hydrolysis) is 1. The highest BCUT2D eigenvalue weighted by Crippen LogP contribution is 2.08. The maximum absolute atomic E-state index is 11.6. The number of nitrogens with one attached hydrogen (secondary N) is 1. The maximum atomic E-state index is 11.6. The Bertz CT molecular complexity index is 503. The normalized spacial score (nSPS) is 13.3. The first kappa shape index (κ1) is 20.0. The summed E-state index contributed by atoms with van der Waals surface area (Å²) < 4.78 is 4.98. The van der Waals surface area contributed by atoms with Gasteiger partial charge in [-0.1, -0.05) is 44.2 Å². The van der Waals surface area contributed by atoms with E-state index in [0.717, 1.165) is 19.3 Å². The van der Waals surface area contributed by atoms with Crippen molar-refractivity contribution in [3.8, 4) is 0 Å². The third-order valence-electron chi connectivity index (χ3n) is 3.75. The molecular formula is C18H27NO5. The number of amides is 1. The third-order valence-corrected chi connectivity index (χ3v) is 3.75. The molecule has 0 bridgehead atoms. The molecule has 0 aliphatic rings. The smallest absolute Gasteiger partial charge is 0.407 e. The highest BCUT2D eigenvalue weighted by Gasteiger charge is 2.30. The van der Waals surface area contributed by atoms with E-state index in [2.05, 4.69) is 17.4 Å². The number of rotatable bonds is 10. The van der Waals surface area contributed by atoms with Crippen LogP contribution in [0.3, 0.4) is 0 Å². The monoisotopic (exact) mass is 337 g/mol. The number of carboxylic acid groups (broad SMARTS) is 1. The van der Waals surface area contributed by atoms with E-state index < -0.39 is 24.2 Å². The Morgan fingerprint density at radius 1 is 1.12 bits per heavy atom. The molecule has 1 amide bonds. The van der Waals surface area contributed by atoms with Crippen molar-refractivity contribution < 1.29 is 24.5 Å². The number of carboxylic acids is 1. The van der Waals surface area contributed by atoms with Crippen molar-refractivity contribution in [2.75, 3.05) is 6.61 Å². The van der Waals surface area contributed by atoms with Crippen molar-refractivity contribution >= 4 is 12.1 Å². The molecule has 0 aliphatic carbocycles. The van der Waals surface area contributed by atoms with E-state index in [9.17, 15) is 14.7 Å². The van der Waals surface area contributed by atoms with Crippen LogP contribution in [0.1, 0.15) is 38.7 Å². The van der Waals surface area contributed by atoms with Crippen molar-refractivity contribution in [1.82, 2.24) is 5.32 Å². The first-order valence-corrected chi connectivity index (χ1v) is 8.30. The molecule has 0 saturated heterocycles. The van der Waals surface area contributed by atoms with Gasteiger partial charge in [0.2, 0.25) is 0 Å². The molecule has 3 N–H and O–H groups in total. The standard InChI is InChI=1S/C18H27NO5/c1-13(2)16(20)15(17(21)22)19-18(23)24-12-8-4-7-11-14-9-5-3-6-10-14/h3,5-6,9-10,13,15-16,20H,4,7-8,11-12H2,1-2H3,(H,19,23)(H,21,22). The summed E-state index contributed by atoms with van der Waals surface area (Å²) in [6.07, 6.45) is 1.63. The van der Waals surface area contributed by atoms with Crippen LogP contribution in [-0.4, -0.2) is 41.0 Å². The number of carbonyl (C=O) groups excluding carboxylic acids is 1. The van der Waals surface area contributed by atoms with Gasteiger partial charge < -0.3 is 20.3 Å². The Labute approximate surface area is 142 Å². The van der Waals surface area contributed by atoms with Gasteiger partial charge in [-0.25, -0.2) is 9.59 Å². The molecule has 0 spiro atoms. The number of carbonyl (C=O) groups is 2. The van der Waals surface area contributed by atoms with E-state index in [0.29, 0.717) is 6.42 Å².